The molecule has 6 heteroatoms. The minimum Gasteiger partial charge on any atom is -0.378 e. The van der Waals surface area contributed by atoms with Crippen LogP contribution in [0.15, 0.2) is 4.99 Å². The SMILES string of the molecule is CCCCN1CCC(NC(=NC)NCCC(OCC)C(C)C)CC1.I. The Balaban J connectivity index is 0.00000576. The average molecular weight is 468 g/mol. The zero-order valence-corrected chi connectivity index (χ0v) is 19.3. The fourth-order valence-corrected chi connectivity index (χ4v) is 3.23. The number of nitrogens with zero attached hydrogens (tertiary/aromatic N) is 2. The largest absolute Gasteiger partial charge is 0.378 e. The fourth-order valence-electron chi connectivity index (χ4n) is 3.23. The van der Waals surface area contributed by atoms with Crippen molar-refractivity contribution in [2.45, 2.75) is 71.9 Å². The van der Waals surface area contributed by atoms with Gasteiger partial charge in [-0.2, -0.15) is 0 Å². The summed E-state index contributed by atoms with van der Waals surface area (Å²) in [6.45, 7) is 14.1. The summed E-state index contributed by atoms with van der Waals surface area (Å²) in [6.07, 6.45) is 6.35. The van der Waals surface area contributed by atoms with Crippen molar-refractivity contribution in [1.82, 2.24) is 15.5 Å². The summed E-state index contributed by atoms with van der Waals surface area (Å²) in [7, 11) is 1.86. The second-order valence-corrected chi connectivity index (χ2v) is 7.14. The molecule has 1 aliphatic heterocycles. The Morgan fingerprint density at radius 1 is 1.24 bits per heavy atom. The lowest BCUT2D eigenvalue weighted by atomic mass is 10.0. The van der Waals surface area contributed by atoms with Crippen LogP contribution in [0, 0.1) is 5.92 Å². The van der Waals surface area contributed by atoms with E-state index < -0.39 is 0 Å². The zero-order chi connectivity index (χ0) is 17.8. The Morgan fingerprint density at radius 3 is 2.44 bits per heavy atom. The molecule has 0 bridgehead atoms. The third kappa shape index (κ3) is 10.6. The van der Waals surface area contributed by atoms with E-state index in [2.05, 4.69) is 48.2 Å². The van der Waals surface area contributed by atoms with Gasteiger partial charge in [0.2, 0.25) is 0 Å². The van der Waals surface area contributed by atoms with Crippen LogP contribution in [0.2, 0.25) is 0 Å². The molecule has 0 aliphatic carbocycles. The molecule has 1 aliphatic rings. The summed E-state index contributed by atoms with van der Waals surface area (Å²) in [5.74, 6) is 1.48. The van der Waals surface area contributed by atoms with Crippen molar-refractivity contribution >= 4 is 29.9 Å². The predicted molar refractivity (Wildman–Crippen MR) is 119 cm³/mol. The van der Waals surface area contributed by atoms with E-state index in [9.17, 15) is 0 Å². The first-order valence-corrected chi connectivity index (χ1v) is 9.91. The summed E-state index contributed by atoms with van der Waals surface area (Å²) < 4.78 is 5.81. The fraction of sp³-hybridized carbons (Fsp3) is 0.947. The highest BCUT2D eigenvalue weighted by Gasteiger charge is 2.19. The number of unbranched alkanes of at least 4 members (excludes halogenated alkanes) is 1. The smallest absolute Gasteiger partial charge is 0.191 e. The van der Waals surface area contributed by atoms with Gasteiger partial charge in [-0.25, -0.2) is 0 Å². The molecule has 1 rings (SSSR count). The average Bonchev–Trinajstić information content (AvgIpc) is 2.59. The molecule has 2 N–H and O–H groups in total. The van der Waals surface area contributed by atoms with Gasteiger partial charge in [0, 0.05) is 39.3 Å². The van der Waals surface area contributed by atoms with Gasteiger partial charge in [0.1, 0.15) is 0 Å². The highest BCUT2D eigenvalue weighted by Crippen LogP contribution is 2.12. The second-order valence-electron chi connectivity index (χ2n) is 7.14. The third-order valence-electron chi connectivity index (χ3n) is 4.83. The maximum absolute atomic E-state index is 5.81. The van der Waals surface area contributed by atoms with E-state index in [4.69, 9.17) is 4.74 Å². The van der Waals surface area contributed by atoms with Gasteiger partial charge in [-0.15, -0.1) is 24.0 Å². The topological polar surface area (TPSA) is 48.9 Å². The van der Waals surface area contributed by atoms with Gasteiger partial charge in [-0.3, -0.25) is 4.99 Å². The van der Waals surface area contributed by atoms with Crippen molar-refractivity contribution in [1.29, 1.82) is 0 Å². The van der Waals surface area contributed by atoms with E-state index in [-0.39, 0.29) is 24.0 Å². The van der Waals surface area contributed by atoms with Crippen LogP contribution in [0.1, 0.15) is 59.8 Å². The van der Waals surface area contributed by atoms with Crippen LogP contribution in [0.3, 0.4) is 0 Å². The lowest BCUT2D eigenvalue weighted by Gasteiger charge is -2.33. The van der Waals surface area contributed by atoms with E-state index in [1.807, 2.05) is 7.05 Å². The maximum atomic E-state index is 5.81. The Hall–Kier alpha value is -0.0800. The summed E-state index contributed by atoms with van der Waals surface area (Å²) in [5, 5.41) is 7.04. The molecular weight excluding hydrogens is 427 g/mol. The van der Waals surface area contributed by atoms with Crippen LogP contribution in [-0.2, 0) is 4.74 Å². The number of aliphatic imine (C=N–C) groups is 1. The van der Waals surface area contributed by atoms with Crippen LogP contribution < -0.4 is 10.6 Å². The number of ether oxygens (including phenoxy) is 1. The van der Waals surface area contributed by atoms with Crippen molar-refractivity contribution in [2.24, 2.45) is 10.9 Å². The molecule has 0 spiro atoms. The number of likely N-dealkylation sites (tertiary alicyclic amines) is 1. The molecule has 1 atom stereocenters. The molecule has 1 heterocycles. The number of hydrogen-bond donors (Lipinski definition) is 2. The van der Waals surface area contributed by atoms with Crippen LogP contribution in [0.25, 0.3) is 0 Å². The summed E-state index contributed by atoms with van der Waals surface area (Å²) in [5.41, 5.74) is 0. The van der Waals surface area contributed by atoms with Crippen molar-refractivity contribution in [3.63, 3.8) is 0 Å². The first kappa shape index (κ1) is 24.9. The Labute approximate surface area is 172 Å². The molecule has 0 amide bonds. The molecular formula is C19H41IN4O. The molecule has 1 saturated heterocycles. The molecule has 0 aromatic carbocycles. The lowest BCUT2D eigenvalue weighted by molar-refractivity contribution is 0.0258. The van der Waals surface area contributed by atoms with Gasteiger partial charge < -0.3 is 20.3 Å². The lowest BCUT2D eigenvalue weighted by Crippen LogP contribution is -2.49. The van der Waals surface area contributed by atoms with Crippen LogP contribution in [0.4, 0.5) is 0 Å². The highest BCUT2D eigenvalue weighted by molar-refractivity contribution is 14.0. The quantitative estimate of drug-likeness (QED) is 0.293. The number of guanidine groups is 1. The minimum absolute atomic E-state index is 0. The number of hydrogen-bond acceptors (Lipinski definition) is 3. The van der Waals surface area contributed by atoms with E-state index in [1.54, 1.807) is 0 Å². The van der Waals surface area contributed by atoms with Crippen molar-refractivity contribution in [3.05, 3.63) is 0 Å². The van der Waals surface area contributed by atoms with Crippen LogP contribution in [-0.4, -0.2) is 62.8 Å². The molecule has 0 radical (unpaired) electrons. The monoisotopic (exact) mass is 468 g/mol. The highest BCUT2D eigenvalue weighted by atomic mass is 127. The predicted octanol–water partition coefficient (Wildman–Crippen LogP) is 3.49. The van der Waals surface area contributed by atoms with Gasteiger partial charge >= 0.3 is 0 Å². The minimum atomic E-state index is 0. The van der Waals surface area contributed by atoms with Crippen molar-refractivity contribution < 1.29 is 4.74 Å². The Morgan fingerprint density at radius 2 is 1.92 bits per heavy atom. The number of rotatable bonds is 10. The summed E-state index contributed by atoms with van der Waals surface area (Å²) in [6, 6.07) is 0.543. The van der Waals surface area contributed by atoms with E-state index in [1.165, 1.54) is 45.3 Å². The molecule has 150 valence electrons. The van der Waals surface area contributed by atoms with Crippen LogP contribution >= 0.6 is 24.0 Å². The van der Waals surface area contributed by atoms with Gasteiger partial charge in [-0.1, -0.05) is 27.2 Å². The number of piperidine rings is 1. The summed E-state index contributed by atoms with van der Waals surface area (Å²) >= 11 is 0. The molecule has 25 heavy (non-hydrogen) atoms. The molecule has 0 aromatic heterocycles. The molecule has 1 fully saturated rings. The number of halogens is 1. The van der Waals surface area contributed by atoms with E-state index >= 15 is 0 Å². The Bertz CT molecular complexity index is 344. The van der Waals surface area contributed by atoms with Gasteiger partial charge in [0.05, 0.1) is 6.10 Å². The van der Waals surface area contributed by atoms with E-state index in [0.717, 1.165) is 25.5 Å². The van der Waals surface area contributed by atoms with Gasteiger partial charge in [0.15, 0.2) is 5.96 Å². The summed E-state index contributed by atoms with van der Waals surface area (Å²) in [4.78, 5) is 6.97. The third-order valence-corrected chi connectivity index (χ3v) is 4.83. The molecule has 5 nitrogen and oxygen atoms in total. The maximum Gasteiger partial charge on any atom is 0.191 e. The second kappa shape index (κ2) is 15.0. The van der Waals surface area contributed by atoms with Crippen molar-refractivity contribution in [3.8, 4) is 0 Å². The zero-order valence-electron chi connectivity index (χ0n) is 17.0. The standard InChI is InChI=1S/C19H40N4O.HI/c1-6-8-13-23-14-10-17(11-15-23)22-19(20-5)21-12-9-18(16(3)4)24-7-2;/h16-18H,6-15H2,1-5H3,(H2,20,21,22);1H. The first-order chi connectivity index (χ1) is 11.6. The van der Waals surface area contributed by atoms with Gasteiger partial charge in [0.25, 0.3) is 0 Å². The van der Waals surface area contributed by atoms with Gasteiger partial charge in [-0.05, 0) is 45.1 Å². The first-order valence-electron chi connectivity index (χ1n) is 9.91. The Kier molecular flexibility index (Phi) is 15.0. The molecule has 1 unspecified atom stereocenters. The molecule has 0 saturated carbocycles. The number of nitrogens with one attached hydrogen (secondary N) is 2. The van der Waals surface area contributed by atoms with Crippen LogP contribution in [0.5, 0.6) is 0 Å². The normalized spacial score (nSPS) is 18.1. The van der Waals surface area contributed by atoms with E-state index in [0.29, 0.717) is 18.1 Å². The van der Waals surface area contributed by atoms with Crippen molar-refractivity contribution in [2.75, 3.05) is 39.8 Å². The molecule has 0 aromatic rings.